The first-order valence-electron chi connectivity index (χ1n) is 18.0. The van der Waals surface area contributed by atoms with Gasteiger partial charge < -0.3 is 9.05 Å². The largest absolute Gasteiger partial charge is 0.426 e. The minimum absolute atomic E-state index is 0.988. The number of hydrogen-bond acceptors (Lipinski definition) is 3. The minimum atomic E-state index is -2.45. The van der Waals surface area contributed by atoms with Crippen molar-refractivity contribution in [2.45, 2.75) is 206 Å². The first kappa shape index (κ1) is 39.3. The molecule has 0 aromatic heterocycles. The van der Waals surface area contributed by atoms with E-state index in [0.29, 0.717) is 0 Å². The van der Waals surface area contributed by atoms with Crippen molar-refractivity contribution in [2.75, 3.05) is 0 Å². The molecule has 0 saturated heterocycles. The summed E-state index contributed by atoms with van der Waals surface area (Å²) in [4.78, 5) is 0. The highest BCUT2D eigenvalue weighted by Crippen LogP contribution is 2.25. The molecule has 0 N–H and O–H groups in total. The van der Waals surface area contributed by atoms with E-state index in [4.69, 9.17) is 9.05 Å². The second-order valence-electron chi connectivity index (χ2n) is 12.0. The van der Waals surface area contributed by atoms with E-state index in [1.54, 1.807) is 12.5 Å². The van der Waals surface area contributed by atoms with Crippen LogP contribution in [0.2, 0.25) is 0 Å². The predicted octanol–water partition coefficient (Wildman–Crippen LogP) is 14.2. The van der Waals surface area contributed by atoms with Gasteiger partial charge in [0.1, 0.15) is 0 Å². The van der Waals surface area contributed by atoms with Crippen molar-refractivity contribution >= 4 is 8.25 Å². The van der Waals surface area contributed by atoms with Gasteiger partial charge in [0, 0.05) is 0 Å². The van der Waals surface area contributed by atoms with Crippen LogP contribution in [0.3, 0.4) is 0 Å². The SMILES string of the molecule is CCCCCCCCCCCCCCCC/C=C/O[PH](=O)O/C=C/CCCCCCCCCCCCCCCC. The lowest BCUT2D eigenvalue weighted by Crippen LogP contribution is -1.83. The molecule has 0 radical (unpaired) electrons. The molecule has 0 aromatic rings. The van der Waals surface area contributed by atoms with Crippen LogP contribution in [0.15, 0.2) is 24.7 Å². The number of allylic oxidation sites excluding steroid dienone is 2. The van der Waals surface area contributed by atoms with Gasteiger partial charge in [-0.15, -0.1) is 0 Å². The highest BCUT2D eigenvalue weighted by Gasteiger charge is 1.96. The highest BCUT2D eigenvalue weighted by molar-refractivity contribution is 7.33. The first-order valence-corrected chi connectivity index (χ1v) is 19.2. The molecule has 0 heterocycles. The molecule has 4 heteroatoms. The standard InChI is InChI=1S/C36H71O3P/c1-3-5-7-9-11-13-15-17-19-21-23-25-27-29-31-33-35-38-40(37)39-36-34-32-30-28-26-24-22-20-18-16-14-12-10-8-6-4-2/h33-36,40H,3-32H2,1-2H3/b35-33+,36-34+. The summed E-state index contributed by atoms with van der Waals surface area (Å²) in [5.74, 6) is 0. The average Bonchev–Trinajstić information content (AvgIpc) is 2.96. The van der Waals surface area contributed by atoms with Crippen LogP contribution in [0.4, 0.5) is 0 Å². The van der Waals surface area contributed by atoms with Gasteiger partial charge in [0.25, 0.3) is 0 Å². The summed E-state index contributed by atoms with van der Waals surface area (Å²) in [6.07, 6.45) is 47.6. The van der Waals surface area contributed by atoms with Crippen molar-refractivity contribution in [3.8, 4) is 0 Å². The summed E-state index contributed by atoms with van der Waals surface area (Å²) in [5, 5.41) is 0. The Balaban J connectivity index is 3.27. The van der Waals surface area contributed by atoms with Crippen molar-refractivity contribution in [1.82, 2.24) is 0 Å². The molecule has 40 heavy (non-hydrogen) atoms. The second-order valence-corrected chi connectivity index (χ2v) is 13.0. The third kappa shape index (κ3) is 35.3. The quantitative estimate of drug-likeness (QED) is 0.0430. The van der Waals surface area contributed by atoms with Gasteiger partial charge in [-0.3, -0.25) is 0 Å². The van der Waals surface area contributed by atoms with Gasteiger partial charge >= 0.3 is 8.25 Å². The normalized spacial score (nSPS) is 11.9. The van der Waals surface area contributed by atoms with Gasteiger partial charge in [0.2, 0.25) is 0 Å². The third-order valence-corrected chi connectivity index (χ3v) is 8.63. The molecule has 0 amide bonds. The second kappa shape index (κ2) is 36.3. The fraction of sp³-hybridized carbons (Fsp3) is 0.889. The maximum atomic E-state index is 11.8. The van der Waals surface area contributed by atoms with Crippen molar-refractivity contribution in [2.24, 2.45) is 0 Å². The fourth-order valence-corrected chi connectivity index (χ4v) is 5.75. The van der Waals surface area contributed by atoms with Gasteiger partial charge in [-0.05, 0) is 37.8 Å². The van der Waals surface area contributed by atoms with Gasteiger partial charge in [-0.1, -0.05) is 181 Å². The van der Waals surface area contributed by atoms with Crippen LogP contribution in [0, 0.1) is 0 Å². The van der Waals surface area contributed by atoms with Crippen molar-refractivity contribution in [1.29, 1.82) is 0 Å². The van der Waals surface area contributed by atoms with Gasteiger partial charge in [0.05, 0.1) is 12.5 Å². The Morgan fingerprint density at radius 3 is 0.850 bits per heavy atom. The maximum absolute atomic E-state index is 11.8. The van der Waals surface area contributed by atoms with Crippen LogP contribution in [-0.2, 0) is 13.6 Å². The molecule has 0 bridgehead atoms. The fourth-order valence-electron chi connectivity index (χ4n) is 5.28. The lowest BCUT2D eigenvalue weighted by atomic mass is 10.0. The zero-order chi connectivity index (χ0) is 29.0. The number of hydrogen-bond donors (Lipinski definition) is 0. The Labute approximate surface area is 252 Å². The molecule has 0 aliphatic heterocycles. The molecule has 238 valence electrons. The maximum Gasteiger partial charge on any atom is 0.417 e. The lowest BCUT2D eigenvalue weighted by Gasteiger charge is -2.03. The van der Waals surface area contributed by atoms with Crippen molar-refractivity contribution in [3.63, 3.8) is 0 Å². The van der Waals surface area contributed by atoms with Crippen molar-refractivity contribution in [3.05, 3.63) is 24.7 Å². The summed E-state index contributed by atoms with van der Waals surface area (Å²) in [6, 6.07) is 0. The Hall–Kier alpha value is -0.690. The molecule has 0 aliphatic carbocycles. The zero-order valence-electron chi connectivity index (χ0n) is 27.2. The van der Waals surface area contributed by atoms with Crippen LogP contribution in [-0.4, -0.2) is 0 Å². The highest BCUT2D eigenvalue weighted by atomic mass is 31.1. The smallest absolute Gasteiger partial charge is 0.417 e. The molecule has 0 rings (SSSR count). The average molecular weight is 583 g/mol. The first-order chi connectivity index (χ1) is 19.8. The molecule has 0 unspecified atom stereocenters. The lowest BCUT2D eigenvalue weighted by molar-refractivity contribution is 0.354. The van der Waals surface area contributed by atoms with E-state index >= 15 is 0 Å². The van der Waals surface area contributed by atoms with Gasteiger partial charge in [-0.25, -0.2) is 4.57 Å². The predicted molar refractivity (Wildman–Crippen MR) is 179 cm³/mol. The van der Waals surface area contributed by atoms with Crippen LogP contribution < -0.4 is 0 Å². The summed E-state index contributed by atoms with van der Waals surface area (Å²) in [6.45, 7) is 4.57. The summed E-state index contributed by atoms with van der Waals surface area (Å²) < 4.78 is 22.2. The van der Waals surface area contributed by atoms with Crippen LogP contribution in [0.5, 0.6) is 0 Å². The van der Waals surface area contributed by atoms with E-state index in [9.17, 15) is 4.57 Å². The van der Waals surface area contributed by atoms with E-state index in [2.05, 4.69) is 13.8 Å². The zero-order valence-corrected chi connectivity index (χ0v) is 28.2. The molecule has 0 saturated carbocycles. The Bertz CT molecular complexity index is 500. The molecule has 0 aliphatic rings. The van der Waals surface area contributed by atoms with E-state index in [0.717, 1.165) is 12.8 Å². The summed E-state index contributed by atoms with van der Waals surface area (Å²) in [7, 11) is -2.45. The van der Waals surface area contributed by atoms with E-state index in [-0.39, 0.29) is 0 Å². The van der Waals surface area contributed by atoms with E-state index in [1.165, 1.54) is 180 Å². The third-order valence-electron chi connectivity index (χ3n) is 7.97. The molecular formula is C36H71O3P. The molecule has 0 fully saturated rings. The topological polar surface area (TPSA) is 35.5 Å². The molecular weight excluding hydrogens is 511 g/mol. The molecule has 3 nitrogen and oxygen atoms in total. The Morgan fingerprint density at radius 2 is 0.600 bits per heavy atom. The van der Waals surface area contributed by atoms with Crippen LogP contribution in [0.1, 0.15) is 206 Å². The summed E-state index contributed by atoms with van der Waals surface area (Å²) in [5.41, 5.74) is 0. The van der Waals surface area contributed by atoms with Crippen LogP contribution in [0.25, 0.3) is 0 Å². The van der Waals surface area contributed by atoms with Gasteiger partial charge in [0.15, 0.2) is 0 Å². The van der Waals surface area contributed by atoms with E-state index < -0.39 is 8.25 Å². The number of rotatable bonds is 34. The monoisotopic (exact) mass is 583 g/mol. The summed E-state index contributed by atoms with van der Waals surface area (Å²) >= 11 is 0. The Kier molecular flexibility index (Phi) is 35.7. The molecule has 0 atom stereocenters. The molecule has 0 aromatic carbocycles. The Morgan fingerprint density at radius 1 is 0.375 bits per heavy atom. The number of unbranched alkanes of at least 4 members (excludes halogenated alkanes) is 28. The van der Waals surface area contributed by atoms with Crippen molar-refractivity contribution < 1.29 is 13.6 Å². The van der Waals surface area contributed by atoms with Crippen LogP contribution >= 0.6 is 8.25 Å². The van der Waals surface area contributed by atoms with E-state index in [1.807, 2.05) is 12.2 Å². The molecule has 0 spiro atoms. The van der Waals surface area contributed by atoms with Gasteiger partial charge in [-0.2, -0.15) is 0 Å². The minimum Gasteiger partial charge on any atom is -0.426 e.